The van der Waals surface area contributed by atoms with E-state index in [2.05, 4.69) is 11.8 Å². The van der Waals surface area contributed by atoms with Crippen molar-refractivity contribution in [2.45, 2.75) is 26.3 Å². The van der Waals surface area contributed by atoms with E-state index in [1.807, 2.05) is 12.1 Å². The molecule has 0 radical (unpaired) electrons. The van der Waals surface area contributed by atoms with Crippen LogP contribution in [0.5, 0.6) is 0 Å². The zero-order chi connectivity index (χ0) is 11.1. The van der Waals surface area contributed by atoms with E-state index in [0.717, 1.165) is 38.2 Å². The van der Waals surface area contributed by atoms with E-state index in [4.69, 9.17) is 22.4 Å². The quantitative estimate of drug-likeness (QED) is 0.724. The number of thiocarbonyl (C=S) groups is 1. The van der Waals surface area contributed by atoms with Gasteiger partial charge in [-0.1, -0.05) is 19.1 Å². The van der Waals surface area contributed by atoms with Crippen molar-refractivity contribution >= 4 is 17.2 Å². The van der Waals surface area contributed by atoms with Gasteiger partial charge in [0, 0.05) is 0 Å². The second kappa shape index (κ2) is 6.58. The number of hydrogen-bond acceptors (Lipinski definition) is 3. The molecular weight excluding hydrogens is 208 g/mol. The summed E-state index contributed by atoms with van der Waals surface area (Å²) in [6.07, 6.45) is 3.55. The Kier molecular flexibility index (Phi) is 5.36. The zero-order valence-electron chi connectivity index (χ0n) is 9.11. The van der Waals surface area contributed by atoms with E-state index in [0.29, 0.717) is 4.99 Å². The van der Waals surface area contributed by atoms with Gasteiger partial charge in [-0.25, -0.2) is 0 Å². The van der Waals surface area contributed by atoms with Crippen molar-refractivity contribution in [2.75, 3.05) is 13.1 Å². The van der Waals surface area contributed by atoms with Crippen LogP contribution >= 0.6 is 12.2 Å². The van der Waals surface area contributed by atoms with Gasteiger partial charge >= 0.3 is 0 Å². The molecule has 0 atom stereocenters. The van der Waals surface area contributed by atoms with Crippen molar-refractivity contribution in [1.82, 2.24) is 4.90 Å². The molecule has 0 aromatic carbocycles. The van der Waals surface area contributed by atoms with E-state index in [-0.39, 0.29) is 0 Å². The van der Waals surface area contributed by atoms with E-state index >= 15 is 0 Å². The second-order valence-electron chi connectivity index (χ2n) is 3.52. The van der Waals surface area contributed by atoms with Gasteiger partial charge in [-0.3, -0.25) is 4.90 Å². The van der Waals surface area contributed by atoms with E-state index < -0.39 is 0 Å². The van der Waals surface area contributed by atoms with Crippen LogP contribution in [0, 0.1) is 0 Å². The molecule has 0 aliphatic carbocycles. The van der Waals surface area contributed by atoms with Crippen LogP contribution in [0.1, 0.15) is 25.5 Å². The monoisotopic (exact) mass is 226 g/mol. The van der Waals surface area contributed by atoms with Crippen molar-refractivity contribution < 1.29 is 4.42 Å². The summed E-state index contributed by atoms with van der Waals surface area (Å²) in [5.74, 6) is 1.01. The van der Waals surface area contributed by atoms with Crippen LogP contribution in [0.2, 0.25) is 0 Å². The van der Waals surface area contributed by atoms with Gasteiger partial charge in [0.25, 0.3) is 0 Å². The minimum Gasteiger partial charge on any atom is -0.468 e. The molecule has 0 spiro atoms. The van der Waals surface area contributed by atoms with Gasteiger partial charge in [-0.15, -0.1) is 0 Å². The Balaban J connectivity index is 2.27. The third-order valence-electron chi connectivity index (χ3n) is 2.30. The summed E-state index contributed by atoms with van der Waals surface area (Å²) in [7, 11) is 0. The number of hydrogen-bond donors (Lipinski definition) is 1. The van der Waals surface area contributed by atoms with Crippen LogP contribution < -0.4 is 5.73 Å². The van der Waals surface area contributed by atoms with Crippen molar-refractivity contribution in [1.29, 1.82) is 0 Å². The van der Waals surface area contributed by atoms with Gasteiger partial charge < -0.3 is 10.2 Å². The van der Waals surface area contributed by atoms with E-state index in [1.165, 1.54) is 0 Å². The Morgan fingerprint density at radius 2 is 2.40 bits per heavy atom. The maximum absolute atomic E-state index is 5.45. The van der Waals surface area contributed by atoms with Crippen molar-refractivity contribution in [3.8, 4) is 0 Å². The Morgan fingerprint density at radius 1 is 1.60 bits per heavy atom. The molecule has 3 nitrogen and oxygen atoms in total. The van der Waals surface area contributed by atoms with E-state index in [1.54, 1.807) is 6.26 Å². The van der Waals surface area contributed by atoms with Crippen LogP contribution in [0.15, 0.2) is 22.8 Å². The maximum atomic E-state index is 5.45. The SMILES string of the molecule is CCN(CCCC(N)=S)Cc1ccco1. The topological polar surface area (TPSA) is 42.4 Å². The minimum absolute atomic E-state index is 0.601. The molecule has 0 saturated carbocycles. The second-order valence-corrected chi connectivity index (χ2v) is 4.04. The molecule has 84 valence electrons. The summed E-state index contributed by atoms with van der Waals surface area (Å²) in [4.78, 5) is 2.92. The third kappa shape index (κ3) is 4.95. The smallest absolute Gasteiger partial charge is 0.117 e. The Bertz CT molecular complexity index is 285. The predicted molar refractivity (Wildman–Crippen MR) is 65.7 cm³/mol. The molecule has 0 unspecified atom stereocenters. The molecule has 0 aliphatic heterocycles. The molecule has 15 heavy (non-hydrogen) atoms. The molecular formula is C11H18N2OS. The summed E-state index contributed by atoms with van der Waals surface area (Å²) in [6, 6.07) is 3.91. The zero-order valence-corrected chi connectivity index (χ0v) is 9.93. The van der Waals surface area contributed by atoms with Gasteiger partial charge in [0.2, 0.25) is 0 Å². The van der Waals surface area contributed by atoms with Crippen LogP contribution in [-0.2, 0) is 6.54 Å². The van der Waals surface area contributed by atoms with Crippen LogP contribution in [0.25, 0.3) is 0 Å². The first-order valence-corrected chi connectivity index (χ1v) is 5.66. The Hall–Kier alpha value is -0.870. The fourth-order valence-electron chi connectivity index (χ4n) is 1.45. The predicted octanol–water partition coefficient (Wildman–Crippen LogP) is 2.17. The van der Waals surface area contributed by atoms with Crippen molar-refractivity contribution in [2.24, 2.45) is 5.73 Å². The fraction of sp³-hybridized carbons (Fsp3) is 0.545. The standard InChI is InChI=1S/C11H18N2OS/c1-2-13(7-3-6-11(12)15)9-10-5-4-8-14-10/h4-5,8H,2-3,6-7,9H2,1H3,(H2,12,15). The summed E-state index contributed by atoms with van der Waals surface area (Å²) in [5.41, 5.74) is 5.45. The highest BCUT2D eigenvalue weighted by Gasteiger charge is 2.05. The average molecular weight is 226 g/mol. The number of rotatable bonds is 7. The summed E-state index contributed by atoms with van der Waals surface area (Å²) >= 11 is 4.84. The lowest BCUT2D eigenvalue weighted by molar-refractivity contribution is 0.254. The van der Waals surface area contributed by atoms with Gasteiger partial charge in [0.1, 0.15) is 5.76 Å². The van der Waals surface area contributed by atoms with Gasteiger partial charge in [-0.2, -0.15) is 0 Å². The number of nitrogens with two attached hydrogens (primary N) is 1. The number of nitrogens with zero attached hydrogens (tertiary/aromatic N) is 1. The van der Waals surface area contributed by atoms with Crippen LogP contribution in [0.3, 0.4) is 0 Å². The Labute approximate surface area is 96.2 Å². The first kappa shape index (κ1) is 12.2. The molecule has 0 amide bonds. The largest absolute Gasteiger partial charge is 0.468 e. The molecule has 4 heteroatoms. The third-order valence-corrected chi connectivity index (χ3v) is 2.51. The van der Waals surface area contributed by atoms with E-state index in [9.17, 15) is 0 Å². The molecule has 1 rings (SSSR count). The van der Waals surface area contributed by atoms with Gasteiger partial charge in [0.05, 0.1) is 17.8 Å². The molecule has 0 bridgehead atoms. The highest BCUT2D eigenvalue weighted by Crippen LogP contribution is 2.06. The minimum atomic E-state index is 0.601. The van der Waals surface area contributed by atoms with Crippen molar-refractivity contribution in [3.05, 3.63) is 24.2 Å². The first-order chi connectivity index (χ1) is 7.22. The molecule has 0 aliphatic rings. The highest BCUT2D eigenvalue weighted by molar-refractivity contribution is 7.80. The fourth-order valence-corrected chi connectivity index (χ4v) is 1.59. The first-order valence-electron chi connectivity index (χ1n) is 5.25. The summed E-state index contributed by atoms with van der Waals surface area (Å²) in [6.45, 7) is 5.02. The number of furan rings is 1. The lowest BCUT2D eigenvalue weighted by Gasteiger charge is -2.18. The summed E-state index contributed by atoms with van der Waals surface area (Å²) < 4.78 is 5.30. The van der Waals surface area contributed by atoms with Gasteiger partial charge in [-0.05, 0) is 38.1 Å². The molecule has 1 aromatic heterocycles. The molecule has 1 aromatic rings. The normalized spacial score (nSPS) is 10.8. The maximum Gasteiger partial charge on any atom is 0.117 e. The molecule has 2 N–H and O–H groups in total. The molecule has 0 saturated heterocycles. The average Bonchev–Trinajstić information content (AvgIpc) is 2.68. The van der Waals surface area contributed by atoms with Crippen molar-refractivity contribution in [3.63, 3.8) is 0 Å². The van der Waals surface area contributed by atoms with Crippen LogP contribution in [-0.4, -0.2) is 23.0 Å². The van der Waals surface area contributed by atoms with Crippen LogP contribution in [0.4, 0.5) is 0 Å². The van der Waals surface area contributed by atoms with Gasteiger partial charge in [0.15, 0.2) is 0 Å². The molecule has 0 fully saturated rings. The molecule has 1 heterocycles. The Morgan fingerprint density at radius 3 is 2.93 bits per heavy atom. The lowest BCUT2D eigenvalue weighted by Crippen LogP contribution is -2.24. The summed E-state index contributed by atoms with van der Waals surface area (Å²) in [5, 5.41) is 0. The highest BCUT2D eigenvalue weighted by atomic mass is 32.1. The lowest BCUT2D eigenvalue weighted by atomic mass is 10.3.